The van der Waals surface area contributed by atoms with Gasteiger partial charge in [-0.1, -0.05) is 32.0 Å². The van der Waals surface area contributed by atoms with Crippen LogP contribution in [0.1, 0.15) is 31.4 Å². The molecule has 4 rings (SSSR count). The lowest BCUT2D eigenvalue weighted by Crippen LogP contribution is -2.29. The Morgan fingerprint density at radius 1 is 1.05 bits per heavy atom. The zero-order valence-corrected chi connectivity index (χ0v) is 23.7. The molecule has 1 fully saturated rings. The number of aromatic nitrogens is 1. The molecule has 42 heavy (non-hydrogen) atoms. The van der Waals surface area contributed by atoms with Crippen LogP contribution in [0.2, 0.25) is 0 Å². The fourth-order valence-corrected chi connectivity index (χ4v) is 5.66. The molecule has 2 aromatic carbocycles. The first-order chi connectivity index (χ1) is 19.8. The van der Waals surface area contributed by atoms with Crippen molar-refractivity contribution in [2.75, 3.05) is 11.5 Å². The highest BCUT2D eigenvalue weighted by Crippen LogP contribution is 2.43. The molecule has 0 radical (unpaired) electrons. The highest BCUT2D eigenvalue weighted by Gasteiger charge is 2.32. The van der Waals surface area contributed by atoms with Crippen LogP contribution in [0.3, 0.4) is 0 Å². The van der Waals surface area contributed by atoms with Gasteiger partial charge in [-0.3, -0.25) is 18.9 Å². The molecule has 0 aliphatic carbocycles. The lowest BCUT2D eigenvalue weighted by Gasteiger charge is -2.23. The Kier molecular flexibility index (Phi) is 9.57. The zero-order valence-electron chi connectivity index (χ0n) is 22.9. The molecule has 1 aromatic heterocycles. The van der Waals surface area contributed by atoms with Gasteiger partial charge >= 0.3 is 5.97 Å². The predicted octanol–water partition coefficient (Wildman–Crippen LogP) is 5.43. The summed E-state index contributed by atoms with van der Waals surface area (Å²) >= 11 is 0. The fourth-order valence-electron chi connectivity index (χ4n) is 4.28. The maximum Gasteiger partial charge on any atom is 0.344 e. The summed E-state index contributed by atoms with van der Waals surface area (Å²) in [6, 6.07) is 12.7. The van der Waals surface area contributed by atoms with Gasteiger partial charge in [-0.05, 0) is 58.9 Å². The number of hydrogen-bond acceptors (Lipinski definition) is 9. The molecule has 5 N–H and O–H groups in total. The number of carboxylic acid groups (broad SMARTS) is 1. The van der Waals surface area contributed by atoms with Gasteiger partial charge < -0.3 is 20.3 Å². The van der Waals surface area contributed by atoms with Crippen LogP contribution in [0.4, 0.5) is 8.78 Å². The summed E-state index contributed by atoms with van der Waals surface area (Å²) in [5.74, 6) is -6.06. The summed E-state index contributed by atoms with van der Waals surface area (Å²) in [6.45, 7) is 3.81. The fraction of sp³-hybridized carbons (Fsp3) is 0.310. The van der Waals surface area contributed by atoms with Gasteiger partial charge in [0.2, 0.25) is 0 Å². The van der Waals surface area contributed by atoms with Gasteiger partial charge in [0, 0.05) is 12.6 Å². The molecule has 1 atom stereocenters. The van der Waals surface area contributed by atoms with E-state index in [0.29, 0.717) is 23.7 Å². The third kappa shape index (κ3) is 7.88. The zero-order chi connectivity index (χ0) is 30.6. The normalized spacial score (nSPS) is 17.0. The Morgan fingerprint density at radius 2 is 1.76 bits per heavy atom. The monoisotopic (exact) mass is 603 g/mol. The summed E-state index contributed by atoms with van der Waals surface area (Å²) in [4.78, 5) is 31.8. The Hall–Kier alpha value is -3.91. The Balaban J connectivity index is 1.70. The van der Waals surface area contributed by atoms with E-state index in [1.807, 2.05) is 24.3 Å². The number of aliphatic imine (C=N–C) groups is 1. The molecule has 224 valence electrons. The van der Waals surface area contributed by atoms with E-state index in [4.69, 9.17) is 15.2 Å². The van der Waals surface area contributed by atoms with E-state index in [-0.39, 0.29) is 41.9 Å². The summed E-state index contributed by atoms with van der Waals surface area (Å²) in [6.07, 6.45) is -1.34. The first-order valence-electron chi connectivity index (χ1n) is 13.0. The molecule has 0 unspecified atom stereocenters. The molecule has 1 saturated heterocycles. The summed E-state index contributed by atoms with van der Waals surface area (Å²) < 4.78 is 60.1. The SMILES string of the molecule is CC(C)C[C@@H](Oc1nc(Oc2cc(CN=C3CS(O)(O)CC3=O)cc(-c3cccc(CN)c3)c2)c(F)cc1F)C(=O)O. The number of carboxylic acids is 1. The second kappa shape index (κ2) is 12.9. The molecule has 1 aliphatic heterocycles. The maximum absolute atomic E-state index is 14.8. The molecule has 0 bridgehead atoms. The first-order valence-corrected chi connectivity index (χ1v) is 14.9. The number of hydrogen-bond donors (Lipinski definition) is 4. The van der Waals surface area contributed by atoms with Crippen molar-refractivity contribution in [1.29, 1.82) is 0 Å². The minimum absolute atomic E-state index is 0.0272. The lowest BCUT2D eigenvalue weighted by molar-refractivity contribution is -0.146. The molecule has 0 saturated carbocycles. The van der Waals surface area contributed by atoms with Crippen molar-refractivity contribution in [3.8, 4) is 28.6 Å². The van der Waals surface area contributed by atoms with Crippen molar-refractivity contribution in [3.63, 3.8) is 0 Å². The van der Waals surface area contributed by atoms with E-state index < -0.39 is 51.8 Å². The second-order valence-corrected chi connectivity index (χ2v) is 12.5. The first kappa shape index (κ1) is 31.0. The van der Waals surface area contributed by atoms with Gasteiger partial charge in [-0.15, -0.1) is 0 Å². The Morgan fingerprint density at radius 3 is 2.40 bits per heavy atom. The predicted molar refractivity (Wildman–Crippen MR) is 154 cm³/mol. The quantitative estimate of drug-likeness (QED) is 0.224. The van der Waals surface area contributed by atoms with E-state index in [9.17, 15) is 32.6 Å². The summed E-state index contributed by atoms with van der Waals surface area (Å²) in [7, 11) is -3.04. The number of rotatable bonds is 11. The van der Waals surface area contributed by atoms with E-state index in [1.165, 1.54) is 6.07 Å². The van der Waals surface area contributed by atoms with Crippen LogP contribution in [0.15, 0.2) is 53.5 Å². The van der Waals surface area contributed by atoms with Gasteiger partial charge in [-0.25, -0.2) is 13.6 Å². The van der Waals surface area contributed by atoms with Gasteiger partial charge in [0.15, 0.2) is 23.5 Å². The molecular weight excluding hydrogens is 572 g/mol. The highest BCUT2D eigenvalue weighted by atomic mass is 32.3. The molecule has 10 nitrogen and oxygen atoms in total. The largest absolute Gasteiger partial charge is 0.479 e. The van der Waals surface area contributed by atoms with Crippen molar-refractivity contribution in [2.45, 2.75) is 39.5 Å². The van der Waals surface area contributed by atoms with Gasteiger partial charge in [0.05, 0.1) is 18.0 Å². The third-order valence-corrected chi connectivity index (χ3v) is 7.72. The lowest BCUT2D eigenvalue weighted by atomic mass is 10.0. The van der Waals surface area contributed by atoms with Gasteiger partial charge in [0.25, 0.3) is 11.8 Å². The van der Waals surface area contributed by atoms with Crippen LogP contribution in [0.25, 0.3) is 11.1 Å². The van der Waals surface area contributed by atoms with Crippen molar-refractivity contribution in [3.05, 3.63) is 71.3 Å². The number of Topliss-reactive ketones (excluding diaryl/α,β-unsaturated/α-hetero) is 1. The third-order valence-electron chi connectivity index (χ3n) is 6.26. The number of carbonyl (C=O) groups is 2. The summed E-state index contributed by atoms with van der Waals surface area (Å²) in [5.41, 5.74) is 8.62. The molecule has 13 heteroatoms. The summed E-state index contributed by atoms with van der Waals surface area (Å²) in [5, 5.41) is 9.47. The van der Waals surface area contributed by atoms with Gasteiger partial charge in [-0.2, -0.15) is 15.6 Å². The number of ketones is 1. The van der Waals surface area contributed by atoms with E-state index in [2.05, 4.69) is 9.98 Å². The number of benzene rings is 2. The smallest absolute Gasteiger partial charge is 0.344 e. The van der Waals surface area contributed by atoms with Gasteiger partial charge in [0.1, 0.15) is 11.5 Å². The van der Waals surface area contributed by atoms with Crippen molar-refractivity contribution >= 4 is 28.1 Å². The average Bonchev–Trinajstić information content (AvgIpc) is 3.20. The van der Waals surface area contributed by atoms with Crippen LogP contribution in [-0.2, 0) is 22.7 Å². The number of ether oxygens (including phenoxy) is 2. The maximum atomic E-state index is 14.8. The molecule has 2 heterocycles. The average molecular weight is 604 g/mol. The van der Waals surface area contributed by atoms with E-state index in [1.54, 1.807) is 26.0 Å². The number of carbonyl (C=O) groups excluding carboxylic acids is 1. The standard InChI is InChI=1S/C29H31F2N3O7S/c1-16(2)6-26(29(36)37)41-28-23(31)11-22(30)27(34-28)40-21-9-18(13-33-24-14-42(38,39)15-25(24)35)8-20(10-21)19-5-3-4-17(7-19)12-32/h3-5,7-11,16,26,38-39H,6,12-15,32H2,1-2H3,(H,36,37)/t26-/m1/s1. The minimum Gasteiger partial charge on any atom is -0.479 e. The van der Waals surface area contributed by atoms with Crippen LogP contribution in [0.5, 0.6) is 17.5 Å². The number of nitrogens with zero attached hydrogens (tertiary/aromatic N) is 2. The van der Waals surface area contributed by atoms with E-state index in [0.717, 1.165) is 11.1 Å². The molecule has 1 aliphatic rings. The van der Waals surface area contributed by atoms with Crippen LogP contribution < -0.4 is 15.2 Å². The van der Waals surface area contributed by atoms with Crippen LogP contribution in [0, 0.1) is 17.6 Å². The van der Waals surface area contributed by atoms with Crippen molar-refractivity contribution in [2.24, 2.45) is 16.6 Å². The van der Waals surface area contributed by atoms with Crippen molar-refractivity contribution in [1.82, 2.24) is 4.98 Å². The Labute approximate surface area is 242 Å². The van der Waals surface area contributed by atoms with Crippen molar-refractivity contribution < 1.29 is 42.1 Å². The Bertz CT molecular complexity index is 1530. The minimum atomic E-state index is -3.04. The molecule has 0 amide bonds. The molecule has 3 aromatic rings. The number of pyridine rings is 1. The second-order valence-electron chi connectivity index (χ2n) is 10.3. The van der Waals surface area contributed by atoms with Crippen LogP contribution in [-0.4, -0.2) is 54.3 Å². The number of aliphatic carboxylic acids is 1. The number of nitrogens with two attached hydrogens (primary N) is 1. The van der Waals surface area contributed by atoms with Crippen LogP contribution >= 0.6 is 10.6 Å². The molecular formula is C29H31F2N3O7S. The molecule has 0 spiro atoms. The van der Waals surface area contributed by atoms with E-state index >= 15 is 0 Å². The topological polar surface area (TPSA) is 165 Å². The number of halogens is 2. The highest BCUT2D eigenvalue weighted by molar-refractivity contribution is 8.26.